The Kier molecular flexibility index (Phi) is 5.35. The molecule has 1 amide bonds. The summed E-state index contributed by atoms with van der Waals surface area (Å²) in [7, 11) is 1.33. The number of nitrogens with one attached hydrogen (secondary N) is 1. The zero-order chi connectivity index (χ0) is 20.3. The normalized spacial score (nSPS) is 22.8. The standard InChI is InChI=1S/C21H23N3O5/c1-27-19(25)17-8-5-9-18(22-17)24-11-16-10-21(13-24,14-29-16)23-20(26)28-12-15-6-3-2-4-7-15/h2-9,16H,10-14H2,1H3,(H,23,26). The molecule has 2 aliphatic heterocycles. The summed E-state index contributed by atoms with van der Waals surface area (Å²) in [5, 5.41) is 3.00. The average molecular weight is 397 g/mol. The van der Waals surface area contributed by atoms with Crippen molar-refractivity contribution < 1.29 is 23.8 Å². The second-order valence-electron chi connectivity index (χ2n) is 7.36. The van der Waals surface area contributed by atoms with Gasteiger partial charge < -0.3 is 24.4 Å². The number of rotatable bonds is 5. The molecule has 1 aromatic carbocycles. The number of pyridine rings is 1. The van der Waals surface area contributed by atoms with Gasteiger partial charge in [0.25, 0.3) is 0 Å². The Bertz CT molecular complexity index is 891. The van der Waals surface area contributed by atoms with E-state index in [4.69, 9.17) is 14.2 Å². The summed E-state index contributed by atoms with van der Waals surface area (Å²) in [6.45, 7) is 1.77. The molecule has 2 aromatic rings. The van der Waals surface area contributed by atoms with E-state index in [0.717, 1.165) is 5.56 Å². The van der Waals surface area contributed by atoms with E-state index in [1.54, 1.807) is 12.1 Å². The molecule has 2 fully saturated rings. The average Bonchev–Trinajstić information content (AvgIpc) is 3.05. The number of aromatic nitrogens is 1. The van der Waals surface area contributed by atoms with Crippen LogP contribution in [0, 0.1) is 0 Å². The van der Waals surface area contributed by atoms with Crippen LogP contribution in [0.3, 0.4) is 0 Å². The number of methoxy groups -OCH3 is 1. The molecule has 4 rings (SSSR count). The minimum absolute atomic E-state index is 0.0262. The molecule has 8 heteroatoms. The lowest BCUT2D eigenvalue weighted by molar-refractivity contribution is 0.0594. The molecule has 2 saturated heterocycles. The summed E-state index contributed by atoms with van der Waals surface area (Å²) in [5.74, 6) is 0.160. The smallest absolute Gasteiger partial charge is 0.408 e. The second kappa shape index (κ2) is 8.08. The third-order valence-corrected chi connectivity index (χ3v) is 5.16. The number of amides is 1. The lowest BCUT2D eigenvalue weighted by atomic mass is 9.91. The molecular weight excluding hydrogens is 374 g/mol. The molecule has 2 atom stereocenters. The number of carbonyl (C=O) groups is 2. The zero-order valence-corrected chi connectivity index (χ0v) is 16.2. The quantitative estimate of drug-likeness (QED) is 0.773. The van der Waals surface area contributed by atoms with Crippen LogP contribution in [0.1, 0.15) is 22.5 Å². The Morgan fingerprint density at radius 2 is 2.07 bits per heavy atom. The van der Waals surface area contributed by atoms with E-state index in [-0.39, 0.29) is 18.4 Å². The van der Waals surface area contributed by atoms with Crippen LogP contribution < -0.4 is 10.2 Å². The molecule has 8 nitrogen and oxygen atoms in total. The summed E-state index contributed by atoms with van der Waals surface area (Å²) in [6, 6.07) is 14.7. The van der Waals surface area contributed by atoms with Crippen molar-refractivity contribution in [1.82, 2.24) is 10.3 Å². The summed E-state index contributed by atoms with van der Waals surface area (Å²) < 4.78 is 16.0. The zero-order valence-electron chi connectivity index (χ0n) is 16.2. The van der Waals surface area contributed by atoms with Crippen molar-refractivity contribution in [2.45, 2.75) is 24.7 Å². The molecule has 0 saturated carbocycles. The van der Waals surface area contributed by atoms with Crippen molar-refractivity contribution in [3.05, 3.63) is 59.8 Å². The molecule has 2 bridgehead atoms. The fourth-order valence-corrected chi connectivity index (χ4v) is 3.83. The van der Waals surface area contributed by atoms with Crippen LogP contribution in [0.4, 0.5) is 10.6 Å². The van der Waals surface area contributed by atoms with Crippen molar-refractivity contribution in [3.63, 3.8) is 0 Å². The molecule has 0 spiro atoms. The van der Waals surface area contributed by atoms with Gasteiger partial charge in [0, 0.05) is 19.5 Å². The molecule has 29 heavy (non-hydrogen) atoms. The maximum atomic E-state index is 12.4. The largest absolute Gasteiger partial charge is 0.464 e. The minimum atomic E-state index is -0.556. The first-order valence-corrected chi connectivity index (χ1v) is 9.48. The van der Waals surface area contributed by atoms with Crippen LogP contribution in [-0.4, -0.2) is 55.5 Å². The van der Waals surface area contributed by atoms with Gasteiger partial charge in [0.15, 0.2) is 5.69 Å². The van der Waals surface area contributed by atoms with E-state index in [1.165, 1.54) is 7.11 Å². The first-order chi connectivity index (χ1) is 14.1. The Balaban J connectivity index is 1.43. The summed E-state index contributed by atoms with van der Waals surface area (Å²) in [5.41, 5.74) is 0.613. The van der Waals surface area contributed by atoms with Crippen molar-refractivity contribution in [2.24, 2.45) is 0 Å². The predicted octanol–water partition coefficient (Wildman–Crippen LogP) is 2.14. The van der Waals surface area contributed by atoms with Crippen LogP contribution >= 0.6 is 0 Å². The van der Waals surface area contributed by atoms with E-state index in [2.05, 4.69) is 10.3 Å². The van der Waals surface area contributed by atoms with Gasteiger partial charge in [-0.05, 0) is 17.7 Å². The van der Waals surface area contributed by atoms with Crippen LogP contribution in [0.25, 0.3) is 0 Å². The van der Waals surface area contributed by atoms with Gasteiger partial charge in [0.1, 0.15) is 12.4 Å². The van der Waals surface area contributed by atoms with Gasteiger partial charge in [-0.25, -0.2) is 14.6 Å². The molecule has 2 unspecified atom stereocenters. The lowest BCUT2D eigenvalue weighted by Gasteiger charge is -2.39. The Labute approximate surface area is 168 Å². The number of hydrogen-bond acceptors (Lipinski definition) is 7. The Hall–Kier alpha value is -3.13. The number of carbonyl (C=O) groups excluding carboxylic acids is 2. The molecule has 0 radical (unpaired) electrons. The van der Waals surface area contributed by atoms with E-state index >= 15 is 0 Å². The fraction of sp³-hybridized carbons (Fsp3) is 0.381. The molecule has 1 aromatic heterocycles. The molecule has 1 N–H and O–H groups in total. The minimum Gasteiger partial charge on any atom is -0.464 e. The van der Waals surface area contributed by atoms with Crippen LogP contribution in [0.2, 0.25) is 0 Å². The maximum Gasteiger partial charge on any atom is 0.408 e. The number of fused-ring (bicyclic) bond motifs is 2. The third kappa shape index (κ3) is 4.32. The topological polar surface area (TPSA) is 90.0 Å². The van der Waals surface area contributed by atoms with E-state index in [9.17, 15) is 9.59 Å². The number of alkyl carbamates (subject to hydrolysis) is 1. The monoisotopic (exact) mass is 397 g/mol. The summed E-state index contributed by atoms with van der Waals surface area (Å²) in [6.07, 6.45) is 0.207. The predicted molar refractivity (Wildman–Crippen MR) is 105 cm³/mol. The summed E-state index contributed by atoms with van der Waals surface area (Å²) in [4.78, 5) is 30.6. The van der Waals surface area contributed by atoms with E-state index in [1.807, 2.05) is 41.3 Å². The van der Waals surface area contributed by atoms with Gasteiger partial charge in [0.2, 0.25) is 0 Å². The Morgan fingerprint density at radius 1 is 1.24 bits per heavy atom. The number of anilines is 1. The van der Waals surface area contributed by atoms with Crippen molar-refractivity contribution in [1.29, 1.82) is 0 Å². The number of piperidine rings is 1. The van der Waals surface area contributed by atoms with E-state index < -0.39 is 17.6 Å². The van der Waals surface area contributed by atoms with Crippen molar-refractivity contribution in [3.8, 4) is 0 Å². The number of nitrogens with zero attached hydrogens (tertiary/aromatic N) is 2. The SMILES string of the molecule is COC(=O)c1cccc(N2CC3CC(NC(=O)OCc4ccccc4)(CO3)C2)n1. The number of hydrogen-bond donors (Lipinski definition) is 1. The van der Waals surface area contributed by atoms with Gasteiger partial charge in [0.05, 0.1) is 25.4 Å². The highest BCUT2D eigenvalue weighted by Crippen LogP contribution is 2.33. The van der Waals surface area contributed by atoms with Gasteiger partial charge in [-0.3, -0.25) is 0 Å². The highest BCUT2D eigenvalue weighted by Gasteiger charge is 2.48. The van der Waals surface area contributed by atoms with E-state index in [0.29, 0.717) is 31.9 Å². The van der Waals surface area contributed by atoms with Gasteiger partial charge >= 0.3 is 12.1 Å². The highest BCUT2D eigenvalue weighted by molar-refractivity contribution is 5.87. The van der Waals surface area contributed by atoms with Crippen LogP contribution in [0.15, 0.2) is 48.5 Å². The van der Waals surface area contributed by atoms with Gasteiger partial charge in [-0.15, -0.1) is 0 Å². The van der Waals surface area contributed by atoms with Crippen molar-refractivity contribution in [2.75, 3.05) is 31.7 Å². The number of ether oxygens (including phenoxy) is 3. The fourth-order valence-electron chi connectivity index (χ4n) is 3.83. The number of benzene rings is 1. The molecule has 152 valence electrons. The van der Waals surface area contributed by atoms with Crippen molar-refractivity contribution >= 4 is 17.9 Å². The van der Waals surface area contributed by atoms with Crippen LogP contribution in [-0.2, 0) is 20.8 Å². The third-order valence-electron chi connectivity index (χ3n) is 5.16. The summed E-state index contributed by atoms with van der Waals surface area (Å²) >= 11 is 0. The maximum absolute atomic E-state index is 12.4. The molecule has 0 aliphatic carbocycles. The molecule has 3 heterocycles. The molecule has 2 aliphatic rings. The first kappa shape index (κ1) is 19.2. The molecular formula is C21H23N3O5. The van der Waals surface area contributed by atoms with Gasteiger partial charge in [-0.2, -0.15) is 0 Å². The number of esters is 1. The highest BCUT2D eigenvalue weighted by atomic mass is 16.6. The lowest BCUT2D eigenvalue weighted by Crippen LogP contribution is -2.59. The Morgan fingerprint density at radius 3 is 2.86 bits per heavy atom. The van der Waals surface area contributed by atoms with Gasteiger partial charge in [-0.1, -0.05) is 36.4 Å². The first-order valence-electron chi connectivity index (χ1n) is 9.48. The second-order valence-corrected chi connectivity index (χ2v) is 7.36. The van der Waals surface area contributed by atoms with Crippen LogP contribution in [0.5, 0.6) is 0 Å².